The highest BCUT2D eigenvalue weighted by Gasteiger charge is 2.08. The predicted octanol–water partition coefficient (Wildman–Crippen LogP) is 3.67. The van der Waals surface area contributed by atoms with Gasteiger partial charge < -0.3 is 9.84 Å². The lowest BCUT2D eigenvalue weighted by Crippen LogP contribution is -2.01. The molecule has 0 fully saturated rings. The van der Waals surface area contributed by atoms with E-state index >= 15 is 0 Å². The molecule has 1 aromatic carbocycles. The summed E-state index contributed by atoms with van der Waals surface area (Å²) in [5.74, 6) is 1.23. The Morgan fingerprint density at radius 1 is 1.42 bits per heavy atom. The summed E-state index contributed by atoms with van der Waals surface area (Å²) < 4.78 is 18.1. The number of aromatic nitrogens is 2. The topological polar surface area (TPSA) is 51.0 Å². The summed E-state index contributed by atoms with van der Waals surface area (Å²) in [5.41, 5.74) is 0.704. The molecular weight excluding hydrogens is 269 g/mol. The first-order chi connectivity index (χ1) is 9.04. The van der Waals surface area contributed by atoms with Crippen LogP contribution in [0.1, 0.15) is 25.6 Å². The maximum atomic E-state index is 13.0. The van der Waals surface area contributed by atoms with Gasteiger partial charge in [0.15, 0.2) is 5.82 Å². The van der Waals surface area contributed by atoms with E-state index in [1.807, 2.05) is 0 Å². The van der Waals surface area contributed by atoms with Gasteiger partial charge in [0.1, 0.15) is 5.82 Å². The number of benzene rings is 1. The maximum absolute atomic E-state index is 13.0. The van der Waals surface area contributed by atoms with Crippen molar-refractivity contribution >= 4 is 17.3 Å². The van der Waals surface area contributed by atoms with Crippen LogP contribution in [0.5, 0.6) is 0 Å². The zero-order valence-corrected chi connectivity index (χ0v) is 11.5. The van der Waals surface area contributed by atoms with Crippen LogP contribution in [0.25, 0.3) is 0 Å². The van der Waals surface area contributed by atoms with Crippen LogP contribution >= 0.6 is 11.6 Å². The van der Waals surface area contributed by atoms with Crippen LogP contribution < -0.4 is 5.32 Å². The summed E-state index contributed by atoms with van der Waals surface area (Å²) in [5, 5.41) is 7.02. The molecule has 102 valence electrons. The summed E-state index contributed by atoms with van der Waals surface area (Å²) >= 11 is 5.69. The van der Waals surface area contributed by atoms with Crippen molar-refractivity contribution in [2.75, 3.05) is 5.32 Å². The normalized spacial score (nSPS) is 11.0. The number of halogens is 2. The summed E-state index contributed by atoms with van der Waals surface area (Å²) in [7, 11) is 0. The summed E-state index contributed by atoms with van der Waals surface area (Å²) in [6.07, 6.45) is 0.784. The van der Waals surface area contributed by atoms with E-state index in [1.54, 1.807) is 6.07 Å². The molecular formula is C13H15ClFN3O. The third-order valence-electron chi connectivity index (χ3n) is 2.46. The van der Waals surface area contributed by atoms with E-state index in [9.17, 15) is 4.39 Å². The van der Waals surface area contributed by atoms with Crippen LogP contribution in [0.4, 0.5) is 10.1 Å². The maximum Gasteiger partial charge on any atom is 0.245 e. The van der Waals surface area contributed by atoms with E-state index in [0.29, 0.717) is 29.9 Å². The van der Waals surface area contributed by atoms with Crippen molar-refractivity contribution in [2.24, 2.45) is 5.92 Å². The molecule has 0 atom stereocenters. The minimum absolute atomic E-state index is 0.0797. The molecule has 0 spiro atoms. The van der Waals surface area contributed by atoms with E-state index in [2.05, 4.69) is 29.3 Å². The predicted molar refractivity (Wildman–Crippen MR) is 71.6 cm³/mol. The van der Waals surface area contributed by atoms with Crippen molar-refractivity contribution in [1.82, 2.24) is 10.1 Å². The molecule has 0 bridgehead atoms. The lowest BCUT2D eigenvalue weighted by molar-refractivity contribution is 0.375. The smallest absolute Gasteiger partial charge is 0.245 e. The van der Waals surface area contributed by atoms with Gasteiger partial charge in [-0.05, 0) is 24.1 Å². The minimum Gasteiger partial charge on any atom is -0.376 e. The Kier molecular flexibility index (Phi) is 4.37. The Bertz CT molecular complexity index is 557. The van der Waals surface area contributed by atoms with Gasteiger partial charge in [0.05, 0.1) is 11.6 Å². The van der Waals surface area contributed by atoms with E-state index < -0.39 is 5.82 Å². The molecule has 1 aromatic heterocycles. The average Bonchev–Trinajstić information content (AvgIpc) is 2.77. The molecule has 1 N–H and O–H groups in total. The monoisotopic (exact) mass is 283 g/mol. The molecule has 6 heteroatoms. The second-order valence-corrected chi connectivity index (χ2v) is 5.09. The first-order valence-electron chi connectivity index (χ1n) is 6.05. The molecule has 0 amide bonds. The molecule has 1 heterocycles. The molecule has 19 heavy (non-hydrogen) atoms. The molecule has 0 unspecified atom stereocenters. The van der Waals surface area contributed by atoms with Crippen LogP contribution in [0.2, 0.25) is 5.02 Å². The molecule has 0 aliphatic rings. The highest BCUT2D eigenvalue weighted by molar-refractivity contribution is 6.31. The Hall–Kier alpha value is -1.62. The van der Waals surface area contributed by atoms with Crippen molar-refractivity contribution in [3.8, 4) is 0 Å². The van der Waals surface area contributed by atoms with Crippen LogP contribution in [0, 0.1) is 11.7 Å². The number of anilines is 1. The van der Waals surface area contributed by atoms with E-state index in [-0.39, 0.29) is 5.02 Å². The molecule has 4 nitrogen and oxygen atoms in total. The van der Waals surface area contributed by atoms with Crippen molar-refractivity contribution in [3.05, 3.63) is 40.8 Å². The molecule has 0 radical (unpaired) electrons. The first-order valence-corrected chi connectivity index (χ1v) is 6.43. The number of nitrogens with one attached hydrogen (secondary N) is 1. The second kappa shape index (κ2) is 6.02. The SMILES string of the molecule is CC(C)Cc1noc(CNc2ccc(F)c(Cl)c2)n1. The van der Waals surface area contributed by atoms with Crippen molar-refractivity contribution < 1.29 is 8.91 Å². The van der Waals surface area contributed by atoms with Crippen molar-refractivity contribution in [2.45, 2.75) is 26.8 Å². The van der Waals surface area contributed by atoms with Crippen LogP contribution in [0.3, 0.4) is 0 Å². The Labute approximate surface area is 116 Å². The fourth-order valence-electron chi connectivity index (χ4n) is 1.59. The quantitative estimate of drug-likeness (QED) is 0.909. The van der Waals surface area contributed by atoms with Crippen LogP contribution in [-0.4, -0.2) is 10.1 Å². The Balaban J connectivity index is 1.94. The van der Waals surface area contributed by atoms with Crippen molar-refractivity contribution in [1.29, 1.82) is 0 Å². The fourth-order valence-corrected chi connectivity index (χ4v) is 1.77. The average molecular weight is 284 g/mol. The van der Waals surface area contributed by atoms with Gasteiger partial charge in [0.25, 0.3) is 0 Å². The lowest BCUT2D eigenvalue weighted by Gasteiger charge is -2.03. The van der Waals surface area contributed by atoms with E-state index in [0.717, 1.165) is 6.42 Å². The van der Waals surface area contributed by atoms with E-state index in [1.165, 1.54) is 12.1 Å². The van der Waals surface area contributed by atoms with Gasteiger partial charge in [0.2, 0.25) is 5.89 Å². The summed E-state index contributed by atoms with van der Waals surface area (Å²) in [6, 6.07) is 4.43. The molecule has 0 saturated heterocycles. The zero-order valence-electron chi connectivity index (χ0n) is 10.8. The largest absolute Gasteiger partial charge is 0.376 e. The van der Waals surface area contributed by atoms with Crippen LogP contribution in [-0.2, 0) is 13.0 Å². The van der Waals surface area contributed by atoms with Crippen molar-refractivity contribution in [3.63, 3.8) is 0 Å². The van der Waals surface area contributed by atoms with Gasteiger partial charge in [-0.2, -0.15) is 4.98 Å². The molecule has 0 aliphatic heterocycles. The Morgan fingerprint density at radius 3 is 2.89 bits per heavy atom. The van der Waals surface area contributed by atoms with E-state index in [4.69, 9.17) is 16.1 Å². The highest BCUT2D eigenvalue weighted by Crippen LogP contribution is 2.19. The summed E-state index contributed by atoms with van der Waals surface area (Å²) in [4.78, 5) is 4.26. The number of hydrogen-bond acceptors (Lipinski definition) is 4. The number of rotatable bonds is 5. The van der Waals surface area contributed by atoms with Gasteiger partial charge in [-0.15, -0.1) is 0 Å². The third kappa shape index (κ3) is 3.92. The van der Waals surface area contributed by atoms with Gasteiger partial charge in [-0.3, -0.25) is 0 Å². The number of nitrogens with zero attached hydrogens (tertiary/aromatic N) is 2. The van der Waals surface area contributed by atoms with Gasteiger partial charge in [-0.25, -0.2) is 4.39 Å². The molecule has 0 saturated carbocycles. The third-order valence-corrected chi connectivity index (χ3v) is 2.75. The standard InChI is InChI=1S/C13H15ClFN3O/c1-8(2)5-12-17-13(19-18-12)7-16-9-3-4-11(15)10(14)6-9/h3-4,6,8,16H,5,7H2,1-2H3. The molecule has 2 rings (SSSR count). The fraction of sp³-hybridized carbons (Fsp3) is 0.385. The first kappa shape index (κ1) is 13.8. The minimum atomic E-state index is -0.441. The van der Waals surface area contributed by atoms with Gasteiger partial charge in [0, 0.05) is 12.1 Å². The van der Waals surface area contributed by atoms with Gasteiger partial charge >= 0.3 is 0 Å². The summed E-state index contributed by atoms with van der Waals surface area (Å²) in [6.45, 7) is 4.57. The number of hydrogen-bond donors (Lipinski definition) is 1. The lowest BCUT2D eigenvalue weighted by atomic mass is 10.1. The zero-order chi connectivity index (χ0) is 13.8. The van der Waals surface area contributed by atoms with Crippen LogP contribution in [0.15, 0.2) is 22.7 Å². The molecule has 0 aliphatic carbocycles. The highest BCUT2D eigenvalue weighted by atomic mass is 35.5. The molecule has 2 aromatic rings. The van der Waals surface area contributed by atoms with Gasteiger partial charge in [-0.1, -0.05) is 30.6 Å². The Morgan fingerprint density at radius 2 is 2.21 bits per heavy atom. The second-order valence-electron chi connectivity index (χ2n) is 4.68.